The zero-order valence-electron chi connectivity index (χ0n) is 14.8. The number of hydrogen-bond donors (Lipinski definition) is 2. The van der Waals surface area contributed by atoms with Crippen molar-refractivity contribution < 1.29 is 22.8 Å². The van der Waals surface area contributed by atoms with Crippen LogP contribution in [0.15, 0.2) is 30.6 Å². The van der Waals surface area contributed by atoms with E-state index in [0.717, 1.165) is 11.6 Å². The van der Waals surface area contributed by atoms with Gasteiger partial charge in [-0.3, -0.25) is 10.1 Å². The van der Waals surface area contributed by atoms with Crippen molar-refractivity contribution in [1.29, 1.82) is 0 Å². The summed E-state index contributed by atoms with van der Waals surface area (Å²) >= 11 is 0. The van der Waals surface area contributed by atoms with Gasteiger partial charge in [0.2, 0.25) is 5.91 Å². The quantitative estimate of drug-likeness (QED) is 0.660. The van der Waals surface area contributed by atoms with E-state index in [9.17, 15) is 22.8 Å². The number of aromatic nitrogens is 3. The Morgan fingerprint density at radius 2 is 1.86 bits per heavy atom. The fraction of sp³-hybridized carbons (Fsp3) is 0.263. The molecule has 3 atom stereocenters. The number of nitrogens with zero attached hydrogens (tertiary/aromatic N) is 3. The summed E-state index contributed by atoms with van der Waals surface area (Å²) < 4.78 is 42.6. The number of fused-ring (bicyclic) bond motifs is 1. The van der Waals surface area contributed by atoms with Gasteiger partial charge in [0.25, 0.3) is 0 Å². The molecule has 1 unspecified atom stereocenters. The highest BCUT2D eigenvalue weighted by Gasteiger charge is 2.44. The van der Waals surface area contributed by atoms with Crippen molar-refractivity contribution in [3.63, 3.8) is 0 Å². The Morgan fingerprint density at radius 3 is 2.66 bits per heavy atom. The highest BCUT2D eigenvalue weighted by Crippen LogP contribution is 2.56. The van der Waals surface area contributed by atoms with Gasteiger partial charge in [0, 0.05) is 24.5 Å². The SMILES string of the molecule is O=C1NCC(c2cc([C@H]3C[C@@H]3c3ccc(F)c(F)c3F)c3nccn3n2)C(=O)N1. The molecule has 7 nitrogen and oxygen atoms in total. The fourth-order valence-electron chi connectivity index (χ4n) is 3.88. The molecule has 0 bridgehead atoms. The summed E-state index contributed by atoms with van der Waals surface area (Å²) in [6.07, 6.45) is 3.70. The number of imidazole rings is 1. The molecule has 2 N–H and O–H groups in total. The Labute approximate surface area is 161 Å². The summed E-state index contributed by atoms with van der Waals surface area (Å²) in [5.74, 6) is -5.55. The van der Waals surface area contributed by atoms with Crippen LogP contribution in [0.4, 0.5) is 18.0 Å². The minimum atomic E-state index is -1.48. The lowest BCUT2D eigenvalue weighted by Gasteiger charge is -2.22. The van der Waals surface area contributed by atoms with Crippen LogP contribution in [0.3, 0.4) is 0 Å². The van der Waals surface area contributed by atoms with Gasteiger partial charge >= 0.3 is 6.03 Å². The first-order valence-electron chi connectivity index (χ1n) is 9.00. The highest BCUT2D eigenvalue weighted by molar-refractivity contribution is 6.00. The molecule has 5 rings (SSSR count). The number of rotatable bonds is 3. The molecule has 3 amide bonds. The van der Waals surface area contributed by atoms with Crippen molar-refractivity contribution in [2.24, 2.45) is 0 Å². The Balaban J connectivity index is 1.53. The van der Waals surface area contributed by atoms with Crippen LogP contribution in [0.2, 0.25) is 0 Å². The van der Waals surface area contributed by atoms with Gasteiger partial charge in [-0.05, 0) is 36.0 Å². The maximum atomic E-state index is 14.2. The zero-order valence-corrected chi connectivity index (χ0v) is 14.8. The molecule has 1 saturated carbocycles. The molecule has 1 aliphatic carbocycles. The van der Waals surface area contributed by atoms with Crippen LogP contribution in [0, 0.1) is 17.5 Å². The van der Waals surface area contributed by atoms with Gasteiger partial charge in [-0.2, -0.15) is 5.10 Å². The van der Waals surface area contributed by atoms with Crippen molar-refractivity contribution in [3.05, 3.63) is 64.9 Å². The second-order valence-electron chi connectivity index (χ2n) is 7.19. The van der Waals surface area contributed by atoms with Gasteiger partial charge in [0.05, 0.1) is 11.6 Å². The lowest BCUT2D eigenvalue weighted by atomic mass is 9.99. The van der Waals surface area contributed by atoms with Crippen molar-refractivity contribution in [2.45, 2.75) is 24.2 Å². The zero-order chi connectivity index (χ0) is 20.3. The van der Waals surface area contributed by atoms with E-state index in [4.69, 9.17) is 0 Å². The summed E-state index contributed by atoms with van der Waals surface area (Å²) in [5.41, 5.74) is 1.82. The van der Waals surface area contributed by atoms with E-state index in [1.165, 1.54) is 10.6 Å². The van der Waals surface area contributed by atoms with E-state index in [-0.39, 0.29) is 23.9 Å². The third-order valence-electron chi connectivity index (χ3n) is 5.44. The number of amides is 3. The predicted octanol–water partition coefficient (Wildman–Crippen LogP) is 2.34. The average Bonchev–Trinajstić information content (AvgIpc) is 3.32. The van der Waals surface area contributed by atoms with Gasteiger partial charge < -0.3 is 5.32 Å². The first kappa shape index (κ1) is 17.7. The molecule has 1 aromatic carbocycles. The standard InChI is InChI=1S/C19H14F3N5O2/c20-13-2-1-8(15(21)16(13)22)9-5-10(9)11-6-14(26-27-4-3-23-17(11)27)12-7-24-19(29)25-18(12)28/h1-4,6,9-10,12H,5,7H2,(H2,24,25,28,29)/t9-,10+,12?/m1/s1. The van der Waals surface area contributed by atoms with Crippen molar-refractivity contribution in [1.82, 2.24) is 25.2 Å². The summed E-state index contributed by atoms with van der Waals surface area (Å²) in [5, 5.41) is 9.17. The van der Waals surface area contributed by atoms with Crippen molar-refractivity contribution >= 4 is 17.6 Å². The summed E-state index contributed by atoms with van der Waals surface area (Å²) in [6.45, 7) is 0.100. The van der Waals surface area contributed by atoms with E-state index in [1.807, 2.05) is 0 Å². The van der Waals surface area contributed by atoms with Crippen LogP contribution < -0.4 is 10.6 Å². The molecule has 29 heavy (non-hydrogen) atoms. The second kappa shape index (κ2) is 6.29. The maximum absolute atomic E-state index is 14.2. The minimum absolute atomic E-state index is 0.100. The second-order valence-corrected chi connectivity index (χ2v) is 7.19. The third-order valence-corrected chi connectivity index (χ3v) is 5.44. The predicted molar refractivity (Wildman–Crippen MR) is 93.7 cm³/mol. The lowest BCUT2D eigenvalue weighted by molar-refractivity contribution is -0.122. The fourth-order valence-corrected chi connectivity index (χ4v) is 3.88. The Hall–Kier alpha value is -3.43. The van der Waals surface area contributed by atoms with Crippen LogP contribution in [0.25, 0.3) is 5.65 Å². The molecule has 3 heterocycles. The van der Waals surface area contributed by atoms with E-state index in [0.29, 0.717) is 17.8 Å². The van der Waals surface area contributed by atoms with Crippen LogP contribution in [-0.2, 0) is 4.79 Å². The number of carbonyl (C=O) groups excluding carboxylic acids is 2. The molecule has 10 heteroatoms. The molecule has 2 fully saturated rings. The van der Waals surface area contributed by atoms with E-state index < -0.39 is 35.3 Å². The van der Waals surface area contributed by atoms with Gasteiger partial charge in [-0.15, -0.1) is 0 Å². The minimum Gasteiger partial charge on any atom is -0.337 e. The smallest absolute Gasteiger partial charge is 0.321 e. The third kappa shape index (κ3) is 2.82. The van der Waals surface area contributed by atoms with Crippen molar-refractivity contribution in [3.8, 4) is 0 Å². The van der Waals surface area contributed by atoms with E-state index in [2.05, 4.69) is 20.7 Å². The number of urea groups is 1. The summed E-state index contributed by atoms with van der Waals surface area (Å²) in [4.78, 5) is 27.8. The van der Waals surface area contributed by atoms with Crippen LogP contribution in [-0.4, -0.2) is 33.1 Å². The molecule has 3 aromatic rings. The maximum Gasteiger partial charge on any atom is 0.321 e. The van der Waals surface area contributed by atoms with Gasteiger partial charge in [-0.1, -0.05) is 6.07 Å². The van der Waals surface area contributed by atoms with Crippen LogP contribution in [0.1, 0.15) is 41.0 Å². The number of nitrogens with one attached hydrogen (secondary N) is 2. The first-order valence-corrected chi connectivity index (χ1v) is 9.00. The topological polar surface area (TPSA) is 88.4 Å². The van der Waals surface area contributed by atoms with Gasteiger partial charge in [-0.25, -0.2) is 27.5 Å². The van der Waals surface area contributed by atoms with Gasteiger partial charge in [0.15, 0.2) is 23.1 Å². The van der Waals surface area contributed by atoms with Gasteiger partial charge in [0.1, 0.15) is 0 Å². The molecule has 1 saturated heterocycles. The largest absolute Gasteiger partial charge is 0.337 e. The number of imide groups is 1. The molecular weight excluding hydrogens is 387 g/mol. The number of benzene rings is 1. The monoisotopic (exact) mass is 401 g/mol. The Morgan fingerprint density at radius 1 is 1.07 bits per heavy atom. The van der Waals surface area contributed by atoms with Crippen LogP contribution >= 0.6 is 0 Å². The normalized spacial score (nSPS) is 23.8. The highest BCUT2D eigenvalue weighted by atomic mass is 19.2. The number of halogens is 3. The number of hydrogen-bond acceptors (Lipinski definition) is 4. The molecule has 0 spiro atoms. The van der Waals surface area contributed by atoms with Crippen LogP contribution in [0.5, 0.6) is 0 Å². The number of carbonyl (C=O) groups is 2. The molecule has 148 valence electrons. The van der Waals surface area contributed by atoms with E-state index in [1.54, 1.807) is 18.5 Å². The molecule has 0 radical (unpaired) electrons. The lowest BCUT2D eigenvalue weighted by Crippen LogP contribution is -2.51. The Kier molecular flexibility index (Phi) is 3.83. The summed E-state index contributed by atoms with van der Waals surface area (Å²) in [7, 11) is 0. The molecular formula is C19H14F3N5O2. The summed E-state index contributed by atoms with van der Waals surface area (Å²) in [6, 6.07) is 3.33. The molecule has 2 aromatic heterocycles. The molecule has 1 aliphatic heterocycles. The first-order chi connectivity index (χ1) is 13.9. The molecule has 2 aliphatic rings. The van der Waals surface area contributed by atoms with Crippen molar-refractivity contribution in [2.75, 3.05) is 6.54 Å². The van der Waals surface area contributed by atoms with E-state index >= 15 is 0 Å². The Bertz CT molecular complexity index is 1180. The average molecular weight is 401 g/mol.